The molecule has 0 heterocycles. The van der Waals surface area contributed by atoms with Gasteiger partial charge in [-0.2, -0.15) is 0 Å². The van der Waals surface area contributed by atoms with Gasteiger partial charge in [-0.25, -0.2) is 4.79 Å². The lowest BCUT2D eigenvalue weighted by molar-refractivity contribution is 0.0527. The van der Waals surface area contributed by atoms with Crippen LogP contribution in [0.5, 0.6) is 0 Å². The molecule has 2 fully saturated rings. The van der Waals surface area contributed by atoms with E-state index in [1.807, 2.05) is 25.1 Å². The van der Waals surface area contributed by atoms with Gasteiger partial charge >= 0.3 is 5.97 Å². The molecule has 2 saturated carbocycles. The molecule has 114 valence electrons. The number of nitrogens with two attached hydrogens (primary N) is 1. The van der Waals surface area contributed by atoms with Crippen LogP contribution in [0.3, 0.4) is 0 Å². The fourth-order valence-corrected chi connectivity index (χ4v) is 2.64. The average molecular weight is 288 g/mol. The highest BCUT2D eigenvalue weighted by Gasteiger charge is 2.29. The minimum absolute atomic E-state index is 0.324. The Bertz CT molecular complexity index is 508. The smallest absolute Gasteiger partial charge is 0.340 e. The third kappa shape index (κ3) is 3.69. The Morgan fingerprint density at radius 1 is 1.24 bits per heavy atom. The molecule has 4 nitrogen and oxygen atoms in total. The second kappa shape index (κ2) is 5.96. The van der Waals surface area contributed by atoms with E-state index in [0.29, 0.717) is 17.9 Å². The molecule has 1 aromatic rings. The highest BCUT2D eigenvalue weighted by Crippen LogP contribution is 2.36. The van der Waals surface area contributed by atoms with Crippen LogP contribution in [-0.4, -0.2) is 25.7 Å². The van der Waals surface area contributed by atoms with Gasteiger partial charge < -0.3 is 15.4 Å². The van der Waals surface area contributed by atoms with E-state index < -0.39 is 0 Å². The fraction of sp³-hybridized carbons (Fsp3) is 0.588. The van der Waals surface area contributed by atoms with Crippen LogP contribution in [-0.2, 0) is 4.74 Å². The fourth-order valence-electron chi connectivity index (χ4n) is 2.64. The van der Waals surface area contributed by atoms with Crippen molar-refractivity contribution in [3.63, 3.8) is 0 Å². The summed E-state index contributed by atoms with van der Waals surface area (Å²) in [6, 6.07) is 5.76. The maximum atomic E-state index is 12.0. The molecule has 3 rings (SSSR count). The number of hydrogen-bond donors (Lipinski definition) is 1. The van der Waals surface area contributed by atoms with Gasteiger partial charge in [-0.3, -0.25) is 0 Å². The molecule has 0 atom stereocenters. The molecule has 0 spiro atoms. The maximum Gasteiger partial charge on any atom is 0.340 e. The van der Waals surface area contributed by atoms with Crippen molar-refractivity contribution in [2.45, 2.75) is 32.6 Å². The molecule has 0 saturated heterocycles. The van der Waals surface area contributed by atoms with Crippen molar-refractivity contribution in [2.24, 2.45) is 11.8 Å². The first-order valence-corrected chi connectivity index (χ1v) is 7.99. The van der Waals surface area contributed by atoms with Crippen molar-refractivity contribution in [1.29, 1.82) is 0 Å². The summed E-state index contributed by atoms with van der Waals surface area (Å²) in [5.41, 5.74) is 8.02. The third-order valence-electron chi connectivity index (χ3n) is 4.25. The second-order valence-electron chi connectivity index (χ2n) is 6.28. The number of nitrogens with zero attached hydrogens (tertiary/aromatic N) is 1. The number of benzene rings is 1. The van der Waals surface area contributed by atoms with Gasteiger partial charge in [-0.15, -0.1) is 0 Å². The number of carbonyl (C=O) groups is 1. The van der Waals surface area contributed by atoms with E-state index in [1.54, 1.807) is 0 Å². The number of rotatable bonds is 7. The van der Waals surface area contributed by atoms with Crippen LogP contribution in [0, 0.1) is 11.8 Å². The summed E-state index contributed by atoms with van der Waals surface area (Å²) in [6.45, 7) is 4.38. The van der Waals surface area contributed by atoms with E-state index in [2.05, 4.69) is 4.90 Å². The van der Waals surface area contributed by atoms with Crippen LogP contribution < -0.4 is 10.6 Å². The van der Waals surface area contributed by atoms with Crippen molar-refractivity contribution in [1.82, 2.24) is 0 Å². The van der Waals surface area contributed by atoms with E-state index in [0.717, 1.165) is 30.6 Å². The number of esters is 1. The maximum absolute atomic E-state index is 12.0. The minimum Gasteiger partial charge on any atom is -0.462 e. The van der Waals surface area contributed by atoms with Gasteiger partial charge in [0.2, 0.25) is 0 Å². The van der Waals surface area contributed by atoms with E-state index >= 15 is 0 Å². The van der Waals surface area contributed by atoms with E-state index in [1.165, 1.54) is 25.7 Å². The van der Waals surface area contributed by atoms with Crippen molar-refractivity contribution < 1.29 is 9.53 Å². The number of ether oxygens (including phenoxy) is 1. The lowest BCUT2D eigenvalue weighted by Crippen LogP contribution is -2.28. The molecule has 2 N–H and O–H groups in total. The van der Waals surface area contributed by atoms with Crippen molar-refractivity contribution in [2.75, 3.05) is 30.3 Å². The quantitative estimate of drug-likeness (QED) is 0.619. The molecule has 4 heteroatoms. The lowest BCUT2D eigenvalue weighted by Gasteiger charge is -2.25. The molecular weight excluding hydrogens is 264 g/mol. The number of nitrogen functional groups attached to an aromatic ring is 1. The molecule has 0 bridgehead atoms. The predicted molar refractivity (Wildman–Crippen MR) is 84.5 cm³/mol. The first-order chi connectivity index (χ1) is 10.2. The molecule has 0 aliphatic heterocycles. The Hall–Kier alpha value is -1.71. The zero-order valence-electron chi connectivity index (χ0n) is 12.7. The molecule has 21 heavy (non-hydrogen) atoms. The Labute approximate surface area is 126 Å². The molecular formula is C17H24N2O2. The van der Waals surface area contributed by atoms with Crippen LogP contribution in [0.15, 0.2) is 18.2 Å². The third-order valence-corrected chi connectivity index (χ3v) is 4.25. The highest BCUT2D eigenvalue weighted by atomic mass is 16.5. The summed E-state index contributed by atoms with van der Waals surface area (Å²) >= 11 is 0. The van der Waals surface area contributed by atoms with Gasteiger partial charge in [0.1, 0.15) is 0 Å². The Balaban J connectivity index is 1.80. The Morgan fingerprint density at radius 2 is 1.86 bits per heavy atom. The zero-order valence-corrected chi connectivity index (χ0v) is 12.7. The summed E-state index contributed by atoms with van der Waals surface area (Å²) in [4.78, 5) is 14.4. The summed E-state index contributed by atoms with van der Waals surface area (Å²) in [5, 5.41) is 0. The molecule has 0 aromatic heterocycles. The minimum atomic E-state index is -0.324. The van der Waals surface area contributed by atoms with Crippen molar-refractivity contribution in [3.05, 3.63) is 23.8 Å². The highest BCUT2D eigenvalue weighted by molar-refractivity contribution is 5.96. The van der Waals surface area contributed by atoms with E-state index in [9.17, 15) is 4.79 Å². The van der Waals surface area contributed by atoms with Gasteiger partial charge in [0, 0.05) is 24.5 Å². The largest absolute Gasteiger partial charge is 0.462 e. The van der Waals surface area contributed by atoms with Gasteiger partial charge in [-0.05, 0) is 62.6 Å². The van der Waals surface area contributed by atoms with Crippen LogP contribution in [0.25, 0.3) is 0 Å². The van der Waals surface area contributed by atoms with Gasteiger partial charge in [-0.1, -0.05) is 0 Å². The number of carbonyl (C=O) groups excluding carboxylic acids is 1. The SMILES string of the molecule is CCOC(=O)c1cc(N(CC2CC2)CC2CC2)ccc1N. The molecule has 1 aromatic carbocycles. The summed E-state index contributed by atoms with van der Waals surface area (Å²) < 4.78 is 5.09. The first-order valence-electron chi connectivity index (χ1n) is 7.99. The number of hydrogen-bond acceptors (Lipinski definition) is 4. The zero-order chi connectivity index (χ0) is 14.8. The van der Waals surface area contributed by atoms with Crippen LogP contribution in [0.1, 0.15) is 43.0 Å². The summed E-state index contributed by atoms with van der Waals surface area (Å²) in [7, 11) is 0. The van der Waals surface area contributed by atoms with Crippen molar-refractivity contribution >= 4 is 17.3 Å². The molecule has 0 amide bonds. The molecule has 2 aliphatic rings. The Kier molecular flexibility index (Phi) is 4.04. The predicted octanol–water partition coefficient (Wildman–Crippen LogP) is 3.07. The topological polar surface area (TPSA) is 55.6 Å². The van der Waals surface area contributed by atoms with Gasteiger partial charge in [0.15, 0.2) is 0 Å². The average Bonchev–Trinajstić information content (AvgIpc) is 3.34. The van der Waals surface area contributed by atoms with Gasteiger partial charge in [0.25, 0.3) is 0 Å². The second-order valence-corrected chi connectivity index (χ2v) is 6.28. The standard InChI is InChI=1S/C17H24N2O2/c1-2-21-17(20)15-9-14(7-8-16(15)18)19(10-12-3-4-12)11-13-5-6-13/h7-9,12-13H,2-6,10-11,18H2,1H3. The monoisotopic (exact) mass is 288 g/mol. The summed E-state index contributed by atoms with van der Waals surface area (Å²) in [6.07, 6.45) is 5.34. The van der Waals surface area contributed by atoms with Crippen LogP contribution in [0.2, 0.25) is 0 Å². The first kappa shape index (κ1) is 14.2. The van der Waals surface area contributed by atoms with Crippen molar-refractivity contribution in [3.8, 4) is 0 Å². The van der Waals surface area contributed by atoms with E-state index in [4.69, 9.17) is 10.5 Å². The van der Waals surface area contributed by atoms with Gasteiger partial charge in [0.05, 0.1) is 12.2 Å². The Morgan fingerprint density at radius 3 is 2.38 bits per heavy atom. The van der Waals surface area contributed by atoms with Crippen LogP contribution in [0.4, 0.5) is 11.4 Å². The van der Waals surface area contributed by atoms with E-state index in [-0.39, 0.29) is 5.97 Å². The normalized spacial score (nSPS) is 17.6. The molecule has 2 aliphatic carbocycles. The molecule has 0 radical (unpaired) electrons. The molecule has 0 unspecified atom stereocenters. The lowest BCUT2D eigenvalue weighted by atomic mass is 10.1. The van der Waals surface area contributed by atoms with Crippen LogP contribution >= 0.6 is 0 Å². The summed E-state index contributed by atoms with van der Waals surface area (Å²) in [5.74, 6) is 1.33. The number of anilines is 2.